The topological polar surface area (TPSA) is 131 Å². The van der Waals surface area contributed by atoms with Crippen molar-refractivity contribution >= 4 is 68.2 Å². The van der Waals surface area contributed by atoms with Crippen molar-refractivity contribution in [2.75, 3.05) is 30.5 Å². The molecule has 0 aliphatic carbocycles. The lowest BCUT2D eigenvalue weighted by Gasteiger charge is -2.36. The third kappa shape index (κ3) is 5.42. The number of anilines is 2. The Labute approximate surface area is 257 Å². The number of amides is 3. The first kappa shape index (κ1) is 30.9. The van der Waals surface area contributed by atoms with Gasteiger partial charge in [0, 0.05) is 29.0 Å². The van der Waals surface area contributed by atoms with E-state index in [1.807, 2.05) is 30.3 Å². The highest BCUT2D eigenvalue weighted by molar-refractivity contribution is 9.10. The van der Waals surface area contributed by atoms with Crippen molar-refractivity contribution in [2.24, 2.45) is 11.7 Å². The second-order valence-corrected chi connectivity index (χ2v) is 10.8. The lowest BCUT2D eigenvalue weighted by molar-refractivity contribution is -0.133. The highest BCUT2D eigenvalue weighted by Crippen LogP contribution is 2.40. The predicted molar refractivity (Wildman–Crippen MR) is 167 cm³/mol. The summed E-state index contributed by atoms with van der Waals surface area (Å²) in [5, 5.41) is 4.81. The summed E-state index contributed by atoms with van der Waals surface area (Å²) in [6, 6.07) is 16.8. The molecule has 2 atom stereocenters. The zero-order valence-electron chi connectivity index (χ0n) is 23.2. The van der Waals surface area contributed by atoms with E-state index >= 15 is 0 Å². The van der Waals surface area contributed by atoms with E-state index in [0.717, 1.165) is 20.8 Å². The summed E-state index contributed by atoms with van der Waals surface area (Å²) in [5.74, 6) is -2.00. The maximum Gasteiger partial charge on any atom is 0.278 e. The van der Waals surface area contributed by atoms with E-state index in [-0.39, 0.29) is 37.1 Å². The molecular weight excluding hydrogens is 624 g/mol. The smallest absolute Gasteiger partial charge is 0.278 e. The number of ether oxygens (including phenoxy) is 1. The molecule has 1 aliphatic heterocycles. The van der Waals surface area contributed by atoms with E-state index in [4.69, 9.17) is 10.5 Å². The minimum absolute atomic E-state index is 0. The molecule has 0 bridgehead atoms. The van der Waals surface area contributed by atoms with Gasteiger partial charge in [-0.15, -0.1) is 12.4 Å². The number of nitrogens with one attached hydrogen (secondary N) is 1. The number of methoxy groups -OCH3 is 1. The number of hydrogen-bond donors (Lipinski definition) is 2. The SMILES string of the molecule is CNC(C)(C(N)=O)[C@@H]1CN(C(=O)c2cnccn2)c2ccccc2N(Cc2c(OC)ccc3cc(Br)ccc23)C1=O.Cl. The molecule has 4 aromatic rings. The highest BCUT2D eigenvalue weighted by Gasteiger charge is 2.49. The minimum atomic E-state index is -1.48. The zero-order valence-corrected chi connectivity index (χ0v) is 25.6. The normalized spacial score (nSPS) is 16.2. The molecule has 218 valence electrons. The van der Waals surface area contributed by atoms with Gasteiger partial charge in [0.2, 0.25) is 11.8 Å². The van der Waals surface area contributed by atoms with Gasteiger partial charge in [-0.2, -0.15) is 0 Å². The molecule has 1 unspecified atom stereocenters. The van der Waals surface area contributed by atoms with Gasteiger partial charge in [-0.3, -0.25) is 19.4 Å². The van der Waals surface area contributed by atoms with Crippen molar-refractivity contribution in [2.45, 2.75) is 19.0 Å². The molecule has 10 nitrogen and oxygen atoms in total. The van der Waals surface area contributed by atoms with E-state index in [1.54, 1.807) is 50.2 Å². The number of fused-ring (bicyclic) bond motifs is 2. The molecule has 5 rings (SSSR count). The number of carbonyl (C=O) groups is 3. The van der Waals surface area contributed by atoms with E-state index in [0.29, 0.717) is 17.1 Å². The van der Waals surface area contributed by atoms with Gasteiger partial charge >= 0.3 is 0 Å². The Bertz CT molecular complexity index is 1660. The largest absolute Gasteiger partial charge is 0.496 e. The van der Waals surface area contributed by atoms with Crippen LogP contribution >= 0.6 is 28.3 Å². The number of rotatable bonds is 7. The van der Waals surface area contributed by atoms with Crippen molar-refractivity contribution in [1.82, 2.24) is 15.3 Å². The average Bonchev–Trinajstić information content (AvgIpc) is 3.11. The number of carbonyl (C=O) groups excluding carboxylic acids is 3. The minimum Gasteiger partial charge on any atom is -0.496 e. The molecular formula is C30H30BrClN6O4. The van der Waals surface area contributed by atoms with Crippen molar-refractivity contribution in [1.29, 1.82) is 0 Å². The molecule has 3 aromatic carbocycles. The number of benzene rings is 3. The highest BCUT2D eigenvalue weighted by atomic mass is 79.9. The number of aromatic nitrogens is 2. The number of hydrogen-bond acceptors (Lipinski definition) is 7. The maximum absolute atomic E-state index is 14.6. The van der Waals surface area contributed by atoms with Crippen LogP contribution in [-0.2, 0) is 16.1 Å². The summed E-state index contributed by atoms with van der Waals surface area (Å²) < 4.78 is 6.65. The molecule has 0 saturated heterocycles. The molecule has 12 heteroatoms. The van der Waals surface area contributed by atoms with Gasteiger partial charge in [0.05, 0.1) is 37.1 Å². The van der Waals surface area contributed by atoms with Gasteiger partial charge in [0.1, 0.15) is 17.0 Å². The fraction of sp³-hybridized carbons (Fsp3) is 0.233. The van der Waals surface area contributed by atoms with E-state index in [1.165, 1.54) is 23.5 Å². The lowest BCUT2D eigenvalue weighted by atomic mass is 9.83. The van der Waals surface area contributed by atoms with E-state index in [2.05, 4.69) is 31.2 Å². The van der Waals surface area contributed by atoms with Gasteiger partial charge in [-0.25, -0.2) is 4.98 Å². The van der Waals surface area contributed by atoms with Gasteiger partial charge in [0.15, 0.2) is 0 Å². The molecule has 2 heterocycles. The van der Waals surface area contributed by atoms with Crippen LogP contribution in [0.4, 0.5) is 11.4 Å². The number of primary amides is 1. The second kappa shape index (κ2) is 12.4. The van der Waals surface area contributed by atoms with Gasteiger partial charge in [-0.05, 0) is 55.1 Å². The lowest BCUT2D eigenvalue weighted by Crippen LogP contribution is -2.63. The Morgan fingerprint density at radius 3 is 2.52 bits per heavy atom. The first-order valence-electron chi connectivity index (χ1n) is 12.9. The number of likely N-dealkylation sites (N-methyl/N-ethyl adjacent to an activating group) is 1. The monoisotopic (exact) mass is 652 g/mol. The molecule has 1 aliphatic rings. The summed E-state index contributed by atoms with van der Waals surface area (Å²) in [6.07, 6.45) is 4.27. The molecule has 1 aromatic heterocycles. The van der Waals surface area contributed by atoms with Crippen LogP contribution in [0.1, 0.15) is 23.0 Å². The van der Waals surface area contributed by atoms with Crippen LogP contribution in [0.5, 0.6) is 5.75 Å². The van der Waals surface area contributed by atoms with Crippen molar-refractivity contribution < 1.29 is 19.1 Å². The number of para-hydroxylation sites is 2. The molecule has 42 heavy (non-hydrogen) atoms. The summed E-state index contributed by atoms with van der Waals surface area (Å²) in [7, 11) is 3.15. The number of nitrogens with two attached hydrogens (primary N) is 1. The molecule has 3 N–H and O–H groups in total. The van der Waals surface area contributed by atoms with E-state index in [9.17, 15) is 14.4 Å². The predicted octanol–water partition coefficient (Wildman–Crippen LogP) is 4.10. The average molecular weight is 654 g/mol. The Kier molecular flexibility index (Phi) is 9.15. The fourth-order valence-electron chi connectivity index (χ4n) is 5.25. The second-order valence-electron chi connectivity index (χ2n) is 9.90. The Morgan fingerprint density at radius 2 is 1.88 bits per heavy atom. The maximum atomic E-state index is 14.6. The van der Waals surface area contributed by atoms with Crippen LogP contribution in [0.2, 0.25) is 0 Å². The van der Waals surface area contributed by atoms with Crippen LogP contribution in [0.15, 0.2) is 77.7 Å². The summed E-state index contributed by atoms with van der Waals surface area (Å²) in [5.41, 5.74) is 6.26. The fourth-order valence-corrected chi connectivity index (χ4v) is 5.62. The standard InChI is InChI=1S/C30H29BrN6O4.ClH/c1-30(33-2,29(32)40)22-17-37(28(39)23-15-34-12-13-35-23)25-7-5-4-6-24(25)36(27(22)38)16-21-20-10-9-19(31)14-18(20)8-11-26(21)41-3;/h4-15,22,33H,16-17H2,1-3H3,(H2,32,40);1H/t22-,30?;/m1./s1. The van der Waals surface area contributed by atoms with Gasteiger partial charge in [-0.1, -0.05) is 40.2 Å². The first-order chi connectivity index (χ1) is 19.7. The Balaban J connectivity index is 0.00000405. The third-order valence-electron chi connectivity index (χ3n) is 7.73. The summed E-state index contributed by atoms with van der Waals surface area (Å²) in [4.78, 5) is 52.6. The molecule has 3 amide bonds. The van der Waals surface area contributed by atoms with Crippen LogP contribution in [0, 0.1) is 5.92 Å². The molecule has 0 spiro atoms. The van der Waals surface area contributed by atoms with Crippen molar-refractivity contribution in [3.8, 4) is 5.75 Å². The quantitative estimate of drug-likeness (QED) is 0.307. The molecule has 0 radical (unpaired) electrons. The first-order valence-corrected chi connectivity index (χ1v) is 13.7. The Hall–Kier alpha value is -4.06. The van der Waals surface area contributed by atoms with Crippen molar-refractivity contribution in [3.63, 3.8) is 0 Å². The van der Waals surface area contributed by atoms with E-state index < -0.39 is 23.3 Å². The third-order valence-corrected chi connectivity index (χ3v) is 8.23. The van der Waals surface area contributed by atoms with Crippen LogP contribution < -0.4 is 25.6 Å². The Morgan fingerprint density at radius 1 is 1.14 bits per heavy atom. The summed E-state index contributed by atoms with van der Waals surface area (Å²) in [6.45, 7) is 1.56. The van der Waals surface area contributed by atoms with Crippen LogP contribution in [-0.4, -0.2) is 53.9 Å². The summed E-state index contributed by atoms with van der Waals surface area (Å²) >= 11 is 3.53. The van der Waals surface area contributed by atoms with Crippen LogP contribution in [0.3, 0.4) is 0 Å². The molecule has 0 fully saturated rings. The van der Waals surface area contributed by atoms with Gasteiger partial charge < -0.3 is 25.6 Å². The number of halogens is 2. The van der Waals surface area contributed by atoms with Crippen molar-refractivity contribution in [3.05, 3.63) is 88.9 Å². The zero-order chi connectivity index (χ0) is 29.3. The van der Waals surface area contributed by atoms with Gasteiger partial charge in [0.25, 0.3) is 5.91 Å². The number of nitrogens with zero attached hydrogens (tertiary/aromatic N) is 4. The molecule has 0 saturated carbocycles. The van der Waals surface area contributed by atoms with Crippen LogP contribution in [0.25, 0.3) is 10.8 Å².